The monoisotopic (exact) mass is 639 g/mol. The smallest absolute Gasteiger partial charge is 0.222 e. The summed E-state index contributed by atoms with van der Waals surface area (Å²) in [6.07, 6.45) is 32.0. The average molecular weight is 639 g/mol. The third kappa shape index (κ3) is 27.7. The van der Waals surface area contributed by atoms with Crippen LogP contribution < -0.4 is 0 Å². The van der Waals surface area contributed by atoms with E-state index in [0.29, 0.717) is 26.4 Å². The van der Waals surface area contributed by atoms with E-state index in [4.69, 9.17) is 9.47 Å². The van der Waals surface area contributed by atoms with Gasteiger partial charge in [0.2, 0.25) is 11.8 Å². The first kappa shape index (κ1) is 43.9. The lowest BCUT2D eigenvalue weighted by molar-refractivity contribution is -0.140. The first-order valence-electron chi connectivity index (χ1n) is 19.3. The predicted octanol–water partition coefficient (Wildman–Crippen LogP) is 10.4. The first-order valence-corrected chi connectivity index (χ1v) is 19.3. The van der Waals surface area contributed by atoms with Crippen molar-refractivity contribution in [2.75, 3.05) is 54.6 Å². The number of amides is 2. The fourth-order valence-electron chi connectivity index (χ4n) is 5.93. The SMILES string of the molecule is CCCCCCCCCCCCCCOCC(COCCCCCCCCCCCCCC)(CC(=O)N(C)C)CC(=O)N(C)C. The van der Waals surface area contributed by atoms with Crippen LogP contribution in [0.1, 0.15) is 181 Å². The van der Waals surface area contributed by atoms with Crippen molar-refractivity contribution in [1.82, 2.24) is 9.80 Å². The Morgan fingerprint density at radius 3 is 0.911 bits per heavy atom. The Hall–Kier alpha value is -1.14. The molecule has 0 aromatic heterocycles. The van der Waals surface area contributed by atoms with E-state index in [0.717, 1.165) is 12.8 Å². The van der Waals surface area contributed by atoms with Crippen LogP contribution >= 0.6 is 0 Å². The minimum Gasteiger partial charge on any atom is -0.381 e. The zero-order chi connectivity index (χ0) is 33.4. The maximum atomic E-state index is 12.9. The number of carbonyl (C=O) groups excluding carboxylic acids is 2. The Balaban J connectivity index is 4.49. The molecule has 0 atom stereocenters. The van der Waals surface area contributed by atoms with Crippen LogP contribution in [0.5, 0.6) is 0 Å². The van der Waals surface area contributed by atoms with Crippen LogP contribution in [0.4, 0.5) is 0 Å². The Morgan fingerprint density at radius 2 is 0.667 bits per heavy atom. The van der Waals surface area contributed by atoms with Gasteiger partial charge in [0.15, 0.2) is 0 Å². The summed E-state index contributed by atoms with van der Waals surface area (Å²) in [6, 6.07) is 0. The van der Waals surface area contributed by atoms with Gasteiger partial charge in [0.05, 0.1) is 13.2 Å². The van der Waals surface area contributed by atoms with E-state index in [2.05, 4.69) is 13.8 Å². The lowest BCUT2D eigenvalue weighted by atomic mass is 9.81. The summed E-state index contributed by atoms with van der Waals surface area (Å²) in [6.45, 7) is 6.64. The predicted molar refractivity (Wildman–Crippen MR) is 193 cm³/mol. The molecule has 0 aliphatic rings. The molecule has 0 bridgehead atoms. The van der Waals surface area contributed by atoms with Crippen molar-refractivity contribution in [2.45, 2.75) is 181 Å². The summed E-state index contributed by atoms with van der Waals surface area (Å²) in [4.78, 5) is 29.0. The number of ether oxygens (including phenoxy) is 2. The molecule has 2 amide bonds. The van der Waals surface area contributed by atoms with E-state index in [1.54, 1.807) is 38.0 Å². The normalized spacial score (nSPS) is 11.7. The third-order valence-electron chi connectivity index (χ3n) is 9.15. The molecule has 0 rings (SSSR count). The van der Waals surface area contributed by atoms with Crippen LogP contribution in [0.3, 0.4) is 0 Å². The van der Waals surface area contributed by atoms with Gasteiger partial charge < -0.3 is 19.3 Å². The van der Waals surface area contributed by atoms with Crippen LogP contribution in [0, 0.1) is 5.41 Å². The summed E-state index contributed by atoms with van der Waals surface area (Å²) in [5, 5.41) is 0. The maximum absolute atomic E-state index is 12.9. The quantitative estimate of drug-likeness (QED) is 0.0658. The molecule has 0 saturated heterocycles. The van der Waals surface area contributed by atoms with Crippen LogP contribution in [0.25, 0.3) is 0 Å². The molecule has 0 spiro atoms. The van der Waals surface area contributed by atoms with Gasteiger partial charge >= 0.3 is 0 Å². The summed E-state index contributed by atoms with van der Waals surface area (Å²) in [5.41, 5.74) is -0.642. The number of rotatable bonds is 34. The van der Waals surface area contributed by atoms with Gasteiger partial charge in [0.1, 0.15) is 0 Å². The molecular weight excluding hydrogens is 560 g/mol. The molecule has 268 valence electrons. The highest BCUT2D eigenvalue weighted by Gasteiger charge is 2.37. The summed E-state index contributed by atoms with van der Waals surface area (Å²) >= 11 is 0. The second-order valence-electron chi connectivity index (χ2n) is 14.3. The molecule has 0 radical (unpaired) electrons. The van der Waals surface area contributed by atoms with Gasteiger partial charge in [-0.3, -0.25) is 9.59 Å². The average Bonchev–Trinajstić information content (AvgIpc) is 3.01. The molecule has 6 heteroatoms. The molecule has 0 N–H and O–H groups in total. The zero-order valence-electron chi connectivity index (χ0n) is 31.2. The Kier molecular flexibility index (Phi) is 30.7. The van der Waals surface area contributed by atoms with E-state index >= 15 is 0 Å². The fourth-order valence-corrected chi connectivity index (χ4v) is 5.93. The lowest BCUT2D eigenvalue weighted by Crippen LogP contribution is -2.42. The molecule has 0 aromatic rings. The summed E-state index contributed by atoms with van der Waals surface area (Å²) < 4.78 is 12.4. The first-order chi connectivity index (χ1) is 21.8. The number of carbonyl (C=O) groups is 2. The van der Waals surface area contributed by atoms with E-state index in [1.165, 1.54) is 141 Å². The Bertz CT molecular complexity index is 611. The van der Waals surface area contributed by atoms with E-state index in [9.17, 15) is 9.59 Å². The summed E-state index contributed by atoms with van der Waals surface area (Å²) in [5.74, 6) is 0.0361. The van der Waals surface area contributed by atoms with Crippen molar-refractivity contribution in [1.29, 1.82) is 0 Å². The molecule has 45 heavy (non-hydrogen) atoms. The minimum atomic E-state index is -0.642. The van der Waals surface area contributed by atoms with Gasteiger partial charge in [-0.1, -0.05) is 155 Å². The molecule has 6 nitrogen and oxygen atoms in total. The second-order valence-corrected chi connectivity index (χ2v) is 14.3. The highest BCUT2D eigenvalue weighted by atomic mass is 16.5. The van der Waals surface area contributed by atoms with Gasteiger partial charge in [0, 0.05) is 59.7 Å². The topological polar surface area (TPSA) is 59.1 Å². The van der Waals surface area contributed by atoms with Crippen molar-refractivity contribution in [3.05, 3.63) is 0 Å². The standard InChI is InChI=1S/C39H78N2O4/c1-7-9-11-13-15-17-19-21-23-25-27-29-31-44-35-39(33-37(42)40(3)4,34-38(43)41(5)6)36-45-32-30-28-26-24-22-20-18-16-14-12-10-8-2/h7-36H2,1-6H3. The van der Waals surface area contributed by atoms with Crippen molar-refractivity contribution < 1.29 is 19.1 Å². The van der Waals surface area contributed by atoms with Gasteiger partial charge in [-0.15, -0.1) is 0 Å². The Labute approximate surface area is 281 Å². The largest absolute Gasteiger partial charge is 0.381 e. The number of hydrogen-bond acceptors (Lipinski definition) is 4. The molecule has 0 aromatic carbocycles. The van der Waals surface area contributed by atoms with E-state index < -0.39 is 5.41 Å². The fraction of sp³-hybridized carbons (Fsp3) is 0.949. The van der Waals surface area contributed by atoms with Gasteiger partial charge in [-0.25, -0.2) is 0 Å². The summed E-state index contributed by atoms with van der Waals surface area (Å²) in [7, 11) is 7.12. The molecule has 0 aliphatic heterocycles. The Morgan fingerprint density at radius 1 is 0.422 bits per heavy atom. The molecule has 0 saturated carbocycles. The van der Waals surface area contributed by atoms with Gasteiger partial charge in [-0.2, -0.15) is 0 Å². The van der Waals surface area contributed by atoms with Crippen LogP contribution in [-0.4, -0.2) is 76.2 Å². The van der Waals surface area contributed by atoms with Gasteiger partial charge in [0.25, 0.3) is 0 Å². The highest BCUT2D eigenvalue weighted by Crippen LogP contribution is 2.30. The van der Waals surface area contributed by atoms with Crippen molar-refractivity contribution >= 4 is 11.8 Å². The lowest BCUT2D eigenvalue weighted by Gasteiger charge is -2.34. The minimum absolute atomic E-state index is 0.0180. The van der Waals surface area contributed by atoms with Crippen LogP contribution in [0.15, 0.2) is 0 Å². The molecule has 0 heterocycles. The second kappa shape index (κ2) is 31.5. The highest BCUT2D eigenvalue weighted by molar-refractivity contribution is 5.80. The van der Waals surface area contributed by atoms with Gasteiger partial charge in [-0.05, 0) is 12.8 Å². The van der Waals surface area contributed by atoms with Crippen molar-refractivity contribution in [3.8, 4) is 0 Å². The molecule has 0 fully saturated rings. The van der Waals surface area contributed by atoms with Crippen LogP contribution in [0.2, 0.25) is 0 Å². The molecule has 0 aliphatic carbocycles. The molecule has 0 unspecified atom stereocenters. The van der Waals surface area contributed by atoms with Crippen molar-refractivity contribution in [3.63, 3.8) is 0 Å². The third-order valence-corrected chi connectivity index (χ3v) is 9.15. The molecular formula is C39H78N2O4. The number of hydrogen-bond donors (Lipinski definition) is 0. The van der Waals surface area contributed by atoms with Crippen molar-refractivity contribution in [2.24, 2.45) is 5.41 Å². The maximum Gasteiger partial charge on any atom is 0.222 e. The van der Waals surface area contributed by atoms with E-state index in [-0.39, 0.29) is 24.7 Å². The van der Waals surface area contributed by atoms with Crippen LogP contribution in [-0.2, 0) is 19.1 Å². The number of unbranched alkanes of at least 4 members (excludes halogenated alkanes) is 22. The van der Waals surface area contributed by atoms with E-state index in [1.807, 2.05) is 0 Å². The zero-order valence-corrected chi connectivity index (χ0v) is 31.2. The number of nitrogens with zero attached hydrogens (tertiary/aromatic N) is 2.